The molecule has 0 saturated carbocycles. The Hall–Kier alpha value is -4.19. The van der Waals surface area contributed by atoms with E-state index in [1.165, 1.54) is 161 Å². The molecule has 0 aromatic carbocycles. The van der Waals surface area contributed by atoms with Gasteiger partial charge in [-0.25, -0.2) is 0 Å². The Labute approximate surface area is 494 Å². The minimum Gasteiger partial charge on any atom is -0.462 e. The van der Waals surface area contributed by atoms with Crippen molar-refractivity contribution in [2.75, 3.05) is 13.2 Å². The van der Waals surface area contributed by atoms with Gasteiger partial charge < -0.3 is 14.2 Å². The SMILES string of the molecule is CC/C=C\C/C=C\C/C=C\C/C=C\C/C=C\C/C=C\C/C=C\CCCC(=O)OC(COC(=O)CCCCCCCCCCCC/C=C\C/C=C\C/C=C\CCCCCCC)COC(=O)CCCCCCCCCCCCCCCC. The van der Waals surface area contributed by atoms with Crippen LogP contribution < -0.4 is 0 Å². The number of hydrogen-bond acceptors (Lipinski definition) is 6. The number of carbonyl (C=O) groups excluding carboxylic acids is 3. The summed E-state index contributed by atoms with van der Waals surface area (Å²) >= 11 is 0. The van der Waals surface area contributed by atoms with E-state index < -0.39 is 6.10 Å². The van der Waals surface area contributed by atoms with E-state index in [9.17, 15) is 14.4 Å². The van der Waals surface area contributed by atoms with Gasteiger partial charge in [0.1, 0.15) is 13.2 Å². The second-order valence-electron chi connectivity index (χ2n) is 22.0. The number of rotatable bonds is 60. The summed E-state index contributed by atoms with van der Waals surface area (Å²) in [6, 6.07) is 0. The maximum atomic E-state index is 12.9. The summed E-state index contributed by atoms with van der Waals surface area (Å²) < 4.78 is 16.9. The standard InChI is InChI=1S/C74H124O6/c1-4-7-10-13-16-19-22-25-28-30-32-34-36-37-39-40-42-44-46-49-52-55-58-61-64-67-73(76)79-70-71(69-78-72(75)66-63-60-57-54-51-48-27-24-21-18-15-12-9-6-3)80-74(77)68-65-62-59-56-53-50-47-45-43-41-38-35-33-31-29-26-23-20-17-14-11-8-5-2/h8,11,17,20,22,25-26,29-30,32-33,35-37,41,43,47,50,56,59,71H,4-7,9-10,12-16,18-19,21,23-24,27-28,31,34,38-40,42,44-46,48-49,51-55,57-58,60-70H2,1-3H3/b11-8-,20-17-,25-22-,29-26-,32-30-,35-33-,37-36-,43-41-,50-47-,59-56-. The van der Waals surface area contributed by atoms with E-state index in [-0.39, 0.29) is 37.5 Å². The van der Waals surface area contributed by atoms with E-state index in [4.69, 9.17) is 14.2 Å². The summed E-state index contributed by atoms with van der Waals surface area (Å²) in [5, 5.41) is 0. The van der Waals surface area contributed by atoms with Crippen LogP contribution >= 0.6 is 0 Å². The molecule has 0 saturated heterocycles. The average molecular weight is 1110 g/mol. The summed E-state index contributed by atoms with van der Waals surface area (Å²) in [6.45, 7) is 6.49. The van der Waals surface area contributed by atoms with Gasteiger partial charge in [-0.2, -0.15) is 0 Å². The molecule has 0 amide bonds. The summed E-state index contributed by atoms with van der Waals surface area (Å²) in [7, 11) is 0. The molecule has 0 aromatic heterocycles. The molecule has 1 unspecified atom stereocenters. The topological polar surface area (TPSA) is 78.9 Å². The quantitative estimate of drug-likeness (QED) is 0.0261. The smallest absolute Gasteiger partial charge is 0.306 e. The Kier molecular flexibility index (Phi) is 63.8. The van der Waals surface area contributed by atoms with Crippen LogP contribution in [0.15, 0.2) is 122 Å². The van der Waals surface area contributed by atoms with Gasteiger partial charge in [0.2, 0.25) is 0 Å². The molecule has 0 aliphatic rings. The van der Waals surface area contributed by atoms with Crippen molar-refractivity contribution in [3.63, 3.8) is 0 Å². The predicted molar refractivity (Wildman–Crippen MR) is 348 cm³/mol. The van der Waals surface area contributed by atoms with Crippen LogP contribution in [0.4, 0.5) is 0 Å². The molecule has 0 rings (SSSR count). The zero-order valence-corrected chi connectivity index (χ0v) is 52.3. The van der Waals surface area contributed by atoms with Gasteiger partial charge in [0, 0.05) is 19.3 Å². The number of carbonyl (C=O) groups is 3. The zero-order valence-electron chi connectivity index (χ0n) is 52.3. The first-order valence-corrected chi connectivity index (χ1v) is 33.5. The molecule has 0 N–H and O–H groups in total. The normalized spacial score (nSPS) is 12.9. The van der Waals surface area contributed by atoms with Gasteiger partial charge in [0.05, 0.1) is 0 Å². The second kappa shape index (κ2) is 67.3. The molecular weight excluding hydrogens is 985 g/mol. The maximum Gasteiger partial charge on any atom is 0.306 e. The molecule has 0 heterocycles. The molecule has 6 nitrogen and oxygen atoms in total. The fraction of sp³-hybridized carbons (Fsp3) is 0.689. The van der Waals surface area contributed by atoms with Crippen LogP contribution in [0.5, 0.6) is 0 Å². The molecule has 1 atom stereocenters. The van der Waals surface area contributed by atoms with Crippen LogP contribution in [0, 0.1) is 0 Å². The van der Waals surface area contributed by atoms with Crippen LogP contribution in [-0.2, 0) is 28.6 Å². The van der Waals surface area contributed by atoms with Crippen LogP contribution in [-0.4, -0.2) is 37.2 Å². The molecule has 0 spiro atoms. The van der Waals surface area contributed by atoms with Crippen molar-refractivity contribution in [2.24, 2.45) is 0 Å². The predicted octanol–water partition coefficient (Wildman–Crippen LogP) is 23.2. The Balaban J connectivity index is 4.44. The van der Waals surface area contributed by atoms with Gasteiger partial charge in [-0.05, 0) is 109 Å². The van der Waals surface area contributed by atoms with Gasteiger partial charge in [-0.15, -0.1) is 0 Å². The van der Waals surface area contributed by atoms with Crippen molar-refractivity contribution in [3.8, 4) is 0 Å². The molecule has 0 aromatic rings. The van der Waals surface area contributed by atoms with E-state index in [0.717, 1.165) is 103 Å². The Morgan fingerprint density at radius 2 is 0.500 bits per heavy atom. The van der Waals surface area contributed by atoms with E-state index in [0.29, 0.717) is 19.3 Å². The van der Waals surface area contributed by atoms with E-state index >= 15 is 0 Å². The second-order valence-corrected chi connectivity index (χ2v) is 22.0. The minimum absolute atomic E-state index is 0.102. The monoisotopic (exact) mass is 1110 g/mol. The number of esters is 3. The first-order valence-electron chi connectivity index (χ1n) is 33.5. The number of hydrogen-bond donors (Lipinski definition) is 0. The zero-order chi connectivity index (χ0) is 57.8. The molecule has 456 valence electrons. The Bertz CT molecular complexity index is 1650. The number of ether oxygens (including phenoxy) is 3. The van der Waals surface area contributed by atoms with Crippen LogP contribution in [0.1, 0.15) is 310 Å². The number of unbranched alkanes of at least 4 members (excludes halogenated alkanes) is 29. The molecule has 0 aliphatic carbocycles. The lowest BCUT2D eigenvalue weighted by molar-refractivity contribution is -0.167. The highest BCUT2D eigenvalue weighted by Crippen LogP contribution is 2.16. The summed E-state index contributed by atoms with van der Waals surface area (Å²) in [5.41, 5.74) is 0. The molecular formula is C74H124O6. The highest BCUT2D eigenvalue weighted by Gasteiger charge is 2.19. The third-order valence-corrected chi connectivity index (χ3v) is 14.2. The minimum atomic E-state index is -0.814. The molecule has 0 aliphatic heterocycles. The largest absolute Gasteiger partial charge is 0.462 e. The highest BCUT2D eigenvalue weighted by molar-refractivity contribution is 5.71. The molecule has 0 radical (unpaired) electrons. The average Bonchev–Trinajstić information content (AvgIpc) is 3.46. The maximum absolute atomic E-state index is 12.9. The fourth-order valence-corrected chi connectivity index (χ4v) is 9.21. The molecule has 6 heteroatoms. The van der Waals surface area contributed by atoms with Crippen molar-refractivity contribution in [2.45, 2.75) is 316 Å². The van der Waals surface area contributed by atoms with E-state index in [2.05, 4.69) is 142 Å². The lowest BCUT2D eigenvalue weighted by atomic mass is 10.0. The lowest BCUT2D eigenvalue weighted by Crippen LogP contribution is -2.30. The van der Waals surface area contributed by atoms with Crippen molar-refractivity contribution in [1.82, 2.24) is 0 Å². The van der Waals surface area contributed by atoms with Crippen LogP contribution in [0.2, 0.25) is 0 Å². The number of allylic oxidation sites excluding steroid dienone is 20. The first-order chi connectivity index (χ1) is 39.5. The molecule has 80 heavy (non-hydrogen) atoms. The van der Waals surface area contributed by atoms with E-state index in [1.54, 1.807) is 0 Å². The van der Waals surface area contributed by atoms with Crippen LogP contribution in [0.25, 0.3) is 0 Å². The van der Waals surface area contributed by atoms with Crippen molar-refractivity contribution >= 4 is 17.9 Å². The van der Waals surface area contributed by atoms with Crippen molar-refractivity contribution < 1.29 is 28.6 Å². The van der Waals surface area contributed by atoms with Crippen LogP contribution in [0.3, 0.4) is 0 Å². The highest BCUT2D eigenvalue weighted by atomic mass is 16.6. The van der Waals surface area contributed by atoms with Crippen molar-refractivity contribution in [3.05, 3.63) is 122 Å². The molecule has 0 fully saturated rings. The summed E-state index contributed by atoms with van der Waals surface area (Å²) in [6.07, 6.45) is 93.5. The van der Waals surface area contributed by atoms with Gasteiger partial charge in [0.25, 0.3) is 0 Å². The Morgan fingerprint density at radius 1 is 0.263 bits per heavy atom. The van der Waals surface area contributed by atoms with Gasteiger partial charge in [-0.1, -0.05) is 303 Å². The van der Waals surface area contributed by atoms with Gasteiger partial charge in [-0.3, -0.25) is 14.4 Å². The van der Waals surface area contributed by atoms with Gasteiger partial charge >= 0.3 is 17.9 Å². The van der Waals surface area contributed by atoms with E-state index in [1.807, 2.05) is 0 Å². The molecule has 0 bridgehead atoms. The van der Waals surface area contributed by atoms with Crippen molar-refractivity contribution in [1.29, 1.82) is 0 Å². The Morgan fingerprint density at radius 3 is 0.800 bits per heavy atom. The van der Waals surface area contributed by atoms with Gasteiger partial charge in [0.15, 0.2) is 6.10 Å². The lowest BCUT2D eigenvalue weighted by Gasteiger charge is -2.18. The first kappa shape index (κ1) is 75.8. The fourth-order valence-electron chi connectivity index (χ4n) is 9.21. The summed E-state index contributed by atoms with van der Waals surface area (Å²) in [4.78, 5) is 38.4. The third-order valence-electron chi connectivity index (χ3n) is 14.2. The third kappa shape index (κ3) is 64.6. The summed E-state index contributed by atoms with van der Waals surface area (Å²) in [5.74, 6) is -0.958.